The van der Waals surface area contributed by atoms with Crippen molar-refractivity contribution in [1.82, 2.24) is 4.90 Å². The number of aromatic hydroxyl groups is 1. The van der Waals surface area contributed by atoms with Crippen LogP contribution in [0.15, 0.2) is 48.5 Å². The Morgan fingerprint density at radius 1 is 1.15 bits per heavy atom. The first-order chi connectivity index (χ1) is 12.5. The van der Waals surface area contributed by atoms with Crippen LogP contribution in [0.1, 0.15) is 29.3 Å². The zero-order chi connectivity index (χ0) is 18.1. The maximum atomic E-state index is 11.0. The summed E-state index contributed by atoms with van der Waals surface area (Å²) in [4.78, 5) is 2.33. The van der Waals surface area contributed by atoms with Crippen LogP contribution in [0.25, 0.3) is 0 Å². The third-order valence-electron chi connectivity index (χ3n) is 5.53. The summed E-state index contributed by atoms with van der Waals surface area (Å²) in [5, 5.41) is 20.2. The van der Waals surface area contributed by atoms with Gasteiger partial charge >= 0.3 is 0 Å². The van der Waals surface area contributed by atoms with E-state index in [0.29, 0.717) is 12.8 Å². The molecule has 0 radical (unpaired) electrons. The lowest BCUT2D eigenvalue weighted by Gasteiger charge is -2.41. The lowest BCUT2D eigenvalue weighted by molar-refractivity contribution is -0.0303. The van der Waals surface area contributed by atoms with Crippen LogP contribution in [0, 0.1) is 0 Å². The second-order valence-corrected chi connectivity index (χ2v) is 7.85. The number of hydrogen-bond donors (Lipinski definition) is 2. The lowest BCUT2D eigenvalue weighted by atomic mass is 9.84. The third kappa shape index (κ3) is 3.54. The van der Waals surface area contributed by atoms with E-state index >= 15 is 0 Å². The van der Waals surface area contributed by atoms with E-state index in [-0.39, 0.29) is 17.2 Å². The van der Waals surface area contributed by atoms with Gasteiger partial charge in [0.15, 0.2) is 0 Å². The molecule has 0 aromatic heterocycles. The average Bonchev–Trinajstić information content (AvgIpc) is 3.05. The van der Waals surface area contributed by atoms with Crippen molar-refractivity contribution in [3.05, 3.63) is 59.7 Å². The highest BCUT2D eigenvalue weighted by Crippen LogP contribution is 2.40. The number of fused-ring (bicyclic) bond motifs is 1. The number of hydrogen-bond acceptors (Lipinski definition) is 4. The van der Waals surface area contributed by atoms with Gasteiger partial charge in [-0.1, -0.05) is 30.3 Å². The molecule has 5 heteroatoms. The zero-order valence-corrected chi connectivity index (χ0v) is 15.4. The standard InChI is InChI=1S/C21H24ClNO3/c22-20(15-4-2-1-3-5-15)21(25)8-10-23(11-9-21)14-18-13-16-12-17(24)6-7-19(16)26-18/h1-7,12,18,20,24-25H,8-11,13-14H2/t18?,20-/m0/s1. The van der Waals surface area contributed by atoms with Gasteiger partial charge in [-0.15, -0.1) is 11.6 Å². The second kappa shape index (κ2) is 7.10. The summed E-state index contributed by atoms with van der Waals surface area (Å²) in [6.45, 7) is 2.42. The molecular weight excluding hydrogens is 350 g/mol. The number of piperidine rings is 1. The number of phenolic OH excluding ortho intramolecular Hbond substituents is 1. The van der Waals surface area contributed by atoms with Gasteiger partial charge in [0.2, 0.25) is 0 Å². The monoisotopic (exact) mass is 373 g/mol. The van der Waals surface area contributed by atoms with Gasteiger partial charge in [-0.3, -0.25) is 4.90 Å². The number of halogens is 1. The third-order valence-corrected chi connectivity index (χ3v) is 6.19. The van der Waals surface area contributed by atoms with Crippen molar-refractivity contribution in [2.75, 3.05) is 19.6 Å². The molecule has 0 amide bonds. The molecule has 2 aromatic carbocycles. The van der Waals surface area contributed by atoms with Crippen molar-refractivity contribution in [3.63, 3.8) is 0 Å². The minimum absolute atomic E-state index is 0.0962. The fourth-order valence-electron chi connectivity index (χ4n) is 4.01. The molecule has 0 bridgehead atoms. The summed E-state index contributed by atoms with van der Waals surface area (Å²) < 4.78 is 5.99. The largest absolute Gasteiger partial charge is 0.508 e. The van der Waals surface area contributed by atoms with E-state index in [4.69, 9.17) is 16.3 Å². The molecule has 1 fully saturated rings. The Morgan fingerprint density at radius 3 is 2.62 bits per heavy atom. The Kier molecular flexibility index (Phi) is 4.82. The number of rotatable bonds is 4. The minimum Gasteiger partial charge on any atom is -0.508 e. The minimum atomic E-state index is -0.870. The van der Waals surface area contributed by atoms with Gasteiger partial charge in [-0.2, -0.15) is 0 Å². The highest BCUT2D eigenvalue weighted by atomic mass is 35.5. The van der Waals surface area contributed by atoms with Crippen LogP contribution >= 0.6 is 11.6 Å². The van der Waals surface area contributed by atoms with Crippen LogP contribution in [0.4, 0.5) is 0 Å². The number of alkyl halides is 1. The first kappa shape index (κ1) is 17.7. The van der Waals surface area contributed by atoms with Crippen molar-refractivity contribution in [2.24, 2.45) is 0 Å². The van der Waals surface area contributed by atoms with Crippen LogP contribution in [-0.4, -0.2) is 46.5 Å². The predicted molar refractivity (Wildman–Crippen MR) is 102 cm³/mol. The molecule has 2 N–H and O–H groups in total. The van der Waals surface area contributed by atoms with E-state index in [0.717, 1.165) is 42.9 Å². The molecule has 2 aromatic rings. The molecular formula is C21H24ClNO3. The van der Waals surface area contributed by atoms with Gasteiger partial charge in [0.05, 0.1) is 11.0 Å². The van der Waals surface area contributed by atoms with Gasteiger partial charge in [0.1, 0.15) is 17.6 Å². The van der Waals surface area contributed by atoms with Crippen molar-refractivity contribution in [2.45, 2.75) is 36.3 Å². The molecule has 1 saturated heterocycles. The first-order valence-electron chi connectivity index (χ1n) is 9.16. The Hall–Kier alpha value is -1.75. The number of aliphatic hydroxyl groups is 1. The molecule has 26 heavy (non-hydrogen) atoms. The van der Waals surface area contributed by atoms with Crippen LogP contribution in [0.3, 0.4) is 0 Å². The highest BCUT2D eigenvalue weighted by Gasteiger charge is 2.40. The van der Waals surface area contributed by atoms with Gasteiger partial charge in [0, 0.05) is 31.6 Å². The predicted octanol–water partition coefficient (Wildman–Crippen LogP) is 3.50. The average molecular weight is 374 g/mol. The van der Waals surface area contributed by atoms with Crippen molar-refractivity contribution in [3.8, 4) is 11.5 Å². The summed E-state index contributed by atoms with van der Waals surface area (Å²) in [5.74, 6) is 1.15. The molecule has 2 aliphatic heterocycles. The Labute approximate surface area is 159 Å². The van der Waals surface area contributed by atoms with Gasteiger partial charge in [-0.25, -0.2) is 0 Å². The summed E-state index contributed by atoms with van der Waals surface area (Å²) >= 11 is 6.60. The van der Waals surface area contributed by atoms with Crippen LogP contribution in [0.5, 0.6) is 11.5 Å². The molecule has 138 valence electrons. The number of nitrogens with zero attached hydrogens (tertiary/aromatic N) is 1. The number of likely N-dealkylation sites (tertiary alicyclic amines) is 1. The highest BCUT2D eigenvalue weighted by molar-refractivity contribution is 6.21. The molecule has 0 aliphatic carbocycles. The quantitative estimate of drug-likeness (QED) is 0.805. The maximum Gasteiger partial charge on any atom is 0.123 e. The topological polar surface area (TPSA) is 52.9 Å². The maximum absolute atomic E-state index is 11.0. The molecule has 0 saturated carbocycles. The molecule has 4 nitrogen and oxygen atoms in total. The van der Waals surface area contributed by atoms with Gasteiger partial charge in [-0.05, 0) is 36.6 Å². The normalized spacial score (nSPS) is 23.2. The number of benzene rings is 2. The lowest BCUT2D eigenvalue weighted by Crippen LogP contribution is -2.49. The smallest absolute Gasteiger partial charge is 0.123 e. The van der Waals surface area contributed by atoms with Crippen LogP contribution < -0.4 is 4.74 Å². The summed E-state index contributed by atoms with van der Waals surface area (Å²) in [5.41, 5.74) is 1.16. The van der Waals surface area contributed by atoms with E-state index in [1.165, 1.54) is 0 Å². The van der Waals surface area contributed by atoms with Crippen LogP contribution in [0.2, 0.25) is 0 Å². The van der Waals surface area contributed by atoms with Crippen molar-refractivity contribution in [1.29, 1.82) is 0 Å². The SMILES string of the molecule is Oc1ccc2c(c1)CC(CN1CCC(O)([C@@H](Cl)c3ccccc3)CC1)O2. The molecule has 0 spiro atoms. The Balaban J connectivity index is 1.33. The molecule has 2 heterocycles. The van der Waals surface area contributed by atoms with Crippen molar-refractivity contribution >= 4 is 11.6 Å². The fraction of sp³-hybridized carbons (Fsp3) is 0.429. The van der Waals surface area contributed by atoms with Crippen LogP contribution in [-0.2, 0) is 6.42 Å². The molecule has 1 unspecified atom stereocenters. The molecule has 2 atom stereocenters. The van der Waals surface area contributed by atoms with E-state index in [9.17, 15) is 10.2 Å². The van der Waals surface area contributed by atoms with Crippen molar-refractivity contribution < 1.29 is 14.9 Å². The number of ether oxygens (including phenoxy) is 1. The first-order valence-corrected chi connectivity index (χ1v) is 9.59. The molecule has 2 aliphatic rings. The number of phenols is 1. The van der Waals surface area contributed by atoms with E-state index in [1.807, 2.05) is 36.4 Å². The summed E-state index contributed by atoms with van der Waals surface area (Å²) in [6.07, 6.45) is 2.21. The molecule has 4 rings (SSSR count). The van der Waals surface area contributed by atoms with E-state index < -0.39 is 5.60 Å². The second-order valence-electron chi connectivity index (χ2n) is 7.41. The Bertz CT molecular complexity index is 759. The Morgan fingerprint density at radius 2 is 1.88 bits per heavy atom. The van der Waals surface area contributed by atoms with Gasteiger partial charge < -0.3 is 14.9 Å². The summed E-state index contributed by atoms with van der Waals surface area (Å²) in [6, 6.07) is 15.1. The van der Waals surface area contributed by atoms with E-state index in [2.05, 4.69) is 4.90 Å². The van der Waals surface area contributed by atoms with E-state index in [1.54, 1.807) is 12.1 Å². The van der Waals surface area contributed by atoms with Gasteiger partial charge in [0.25, 0.3) is 0 Å². The zero-order valence-electron chi connectivity index (χ0n) is 14.6. The summed E-state index contributed by atoms with van der Waals surface area (Å²) in [7, 11) is 0. The fourth-order valence-corrected chi connectivity index (χ4v) is 4.37.